The summed E-state index contributed by atoms with van der Waals surface area (Å²) in [4.78, 5) is 2.58. The van der Waals surface area contributed by atoms with Crippen molar-refractivity contribution >= 4 is 0 Å². The van der Waals surface area contributed by atoms with Crippen LogP contribution in [0.25, 0.3) is 0 Å². The minimum atomic E-state index is 0.363. The summed E-state index contributed by atoms with van der Waals surface area (Å²) in [6, 6.07) is 0.585. The Hall–Kier alpha value is -0.340. The molecule has 0 saturated heterocycles. The van der Waals surface area contributed by atoms with Gasteiger partial charge in [-0.1, -0.05) is 39.3 Å². The molecule has 2 heteroatoms. The summed E-state index contributed by atoms with van der Waals surface area (Å²) < 4.78 is 0. The molecule has 0 radical (unpaired) electrons. The zero-order valence-corrected chi connectivity index (χ0v) is 11.6. The lowest BCUT2D eigenvalue weighted by Gasteiger charge is -2.35. The maximum atomic E-state index is 3.55. The van der Waals surface area contributed by atoms with Gasteiger partial charge in [0.15, 0.2) is 0 Å². The molecule has 0 aromatic carbocycles. The van der Waals surface area contributed by atoms with Crippen molar-refractivity contribution < 1.29 is 0 Å². The highest BCUT2D eigenvalue weighted by Gasteiger charge is 2.22. The highest BCUT2D eigenvalue weighted by atomic mass is 15.1. The first-order chi connectivity index (χ1) is 7.39. The fourth-order valence-electron chi connectivity index (χ4n) is 2.27. The van der Waals surface area contributed by atoms with Crippen LogP contribution in [-0.2, 0) is 0 Å². The monoisotopic (exact) mass is 224 g/mol. The Morgan fingerprint density at radius 3 is 2.69 bits per heavy atom. The van der Waals surface area contributed by atoms with E-state index in [1.807, 2.05) is 0 Å². The van der Waals surface area contributed by atoms with Crippen LogP contribution in [0.2, 0.25) is 0 Å². The summed E-state index contributed by atoms with van der Waals surface area (Å²) in [5, 5.41) is 3.55. The standard InChI is InChI=1S/C14H28N2/c1-12(2)15-10-14(4,5)11-16-8-6-7-13(3)9-16/h7,12,15H,6,8-11H2,1-5H3. The van der Waals surface area contributed by atoms with Gasteiger partial charge < -0.3 is 5.32 Å². The molecule has 1 rings (SSSR count). The Labute approximate surface area is 101 Å². The van der Waals surface area contributed by atoms with Crippen molar-refractivity contribution in [1.29, 1.82) is 0 Å². The molecular weight excluding hydrogens is 196 g/mol. The summed E-state index contributed by atoms with van der Waals surface area (Å²) in [6.07, 6.45) is 3.59. The Morgan fingerprint density at radius 2 is 2.12 bits per heavy atom. The predicted octanol–water partition coefficient (Wildman–Crippen LogP) is 2.66. The van der Waals surface area contributed by atoms with Crippen LogP contribution >= 0.6 is 0 Å². The van der Waals surface area contributed by atoms with Gasteiger partial charge in [-0.2, -0.15) is 0 Å². The van der Waals surface area contributed by atoms with Gasteiger partial charge in [0.25, 0.3) is 0 Å². The molecule has 16 heavy (non-hydrogen) atoms. The third kappa shape index (κ3) is 5.13. The van der Waals surface area contributed by atoms with Crippen LogP contribution in [0.3, 0.4) is 0 Å². The van der Waals surface area contributed by atoms with E-state index in [-0.39, 0.29) is 0 Å². The van der Waals surface area contributed by atoms with Crippen LogP contribution in [0, 0.1) is 5.41 Å². The minimum Gasteiger partial charge on any atom is -0.314 e. The molecule has 0 bridgehead atoms. The van der Waals surface area contributed by atoms with Gasteiger partial charge in [-0.15, -0.1) is 0 Å². The van der Waals surface area contributed by atoms with E-state index < -0.39 is 0 Å². The number of hydrogen-bond donors (Lipinski definition) is 1. The topological polar surface area (TPSA) is 15.3 Å². The summed E-state index contributed by atoms with van der Waals surface area (Å²) in [7, 11) is 0. The van der Waals surface area contributed by atoms with E-state index >= 15 is 0 Å². The van der Waals surface area contributed by atoms with E-state index in [1.54, 1.807) is 0 Å². The normalized spacial score (nSPS) is 19.0. The Bertz CT molecular complexity index is 241. The second-order valence-corrected chi connectivity index (χ2v) is 6.25. The van der Waals surface area contributed by atoms with Crippen molar-refractivity contribution in [3.05, 3.63) is 11.6 Å². The molecule has 1 heterocycles. The molecule has 0 saturated carbocycles. The van der Waals surface area contributed by atoms with Gasteiger partial charge in [-0.25, -0.2) is 0 Å². The van der Waals surface area contributed by atoms with E-state index in [0.717, 1.165) is 13.1 Å². The molecule has 0 fully saturated rings. The van der Waals surface area contributed by atoms with E-state index in [0.29, 0.717) is 11.5 Å². The number of nitrogens with zero attached hydrogens (tertiary/aromatic N) is 1. The molecule has 2 nitrogen and oxygen atoms in total. The second kappa shape index (κ2) is 5.83. The summed E-state index contributed by atoms with van der Waals surface area (Å²) in [6.45, 7) is 16.1. The molecule has 1 N–H and O–H groups in total. The second-order valence-electron chi connectivity index (χ2n) is 6.25. The summed E-state index contributed by atoms with van der Waals surface area (Å²) in [5.74, 6) is 0. The Kier molecular flexibility index (Phi) is 5.00. The van der Waals surface area contributed by atoms with Crippen molar-refractivity contribution in [2.24, 2.45) is 5.41 Å². The minimum absolute atomic E-state index is 0.363. The largest absolute Gasteiger partial charge is 0.314 e. The number of rotatable bonds is 5. The average molecular weight is 224 g/mol. The van der Waals surface area contributed by atoms with Gasteiger partial charge in [0, 0.05) is 32.2 Å². The van der Waals surface area contributed by atoms with E-state index in [9.17, 15) is 0 Å². The van der Waals surface area contributed by atoms with Gasteiger partial charge in [0.05, 0.1) is 0 Å². The molecule has 1 aliphatic rings. The molecule has 0 atom stereocenters. The smallest absolute Gasteiger partial charge is 0.0190 e. The summed E-state index contributed by atoms with van der Waals surface area (Å²) in [5.41, 5.74) is 1.89. The van der Waals surface area contributed by atoms with Crippen LogP contribution in [-0.4, -0.2) is 37.1 Å². The van der Waals surface area contributed by atoms with Crippen LogP contribution in [0.1, 0.15) is 41.0 Å². The van der Waals surface area contributed by atoms with Crippen LogP contribution in [0.4, 0.5) is 0 Å². The van der Waals surface area contributed by atoms with Crippen LogP contribution in [0.15, 0.2) is 11.6 Å². The van der Waals surface area contributed by atoms with Crippen molar-refractivity contribution in [2.45, 2.75) is 47.1 Å². The molecule has 0 spiro atoms. The quantitative estimate of drug-likeness (QED) is 0.722. The number of hydrogen-bond acceptors (Lipinski definition) is 2. The molecule has 94 valence electrons. The van der Waals surface area contributed by atoms with Crippen molar-refractivity contribution in [2.75, 3.05) is 26.2 Å². The van der Waals surface area contributed by atoms with Gasteiger partial charge >= 0.3 is 0 Å². The molecule has 0 aromatic rings. The van der Waals surface area contributed by atoms with Crippen LogP contribution in [0.5, 0.6) is 0 Å². The van der Waals surface area contributed by atoms with E-state index in [1.165, 1.54) is 25.1 Å². The maximum absolute atomic E-state index is 3.55. The average Bonchev–Trinajstić information content (AvgIpc) is 2.14. The third-order valence-corrected chi connectivity index (χ3v) is 3.05. The molecule has 0 aromatic heterocycles. The lowest BCUT2D eigenvalue weighted by Crippen LogP contribution is -2.43. The van der Waals surface area contributed by atoms with E-state index in [4.69, 9.17) is 0 Å². The zero-order chi connectivity index (χ0) is 12.2. The van der Waals surface area contributed by atoms with Gasteiger partial charge in [0.1, 0.15) is 0 Å². The van der Waals surface area contributed by atoms with Gasteiger partial charge in [-0.3, -0.25) is 4.90 Å². The number of nitrogens with one attached hydrogen (secondary N) is 1. The first kappa shape index (κ1) is 13.7. The van der Waals surface area contributed by atoms with Gasteiger partial charge in [0.2, 0.25) is 0 Å². The molecular formula is C14H28N2. The maximum Gasteiger partial charge on any atom is 0.0190 e. The zero-order valence-electron chi connectivity index (χ0n) is 11.6. The third-order valence-electron chi connectivity index (χ3n) is 3.05. The van der Waals surface area contributed by atoms with Crippen molar-refractivity contribution in [1.82, 2.24) is 10.2 Å². The highest BCUT2D eigenvalue weighted by Crippen LogP contribution is 2.19. The molecule has 1 aliphatic heterocycles. The molecule has 0 aliphatic carbocycles. The fraction of sp³-hybridized carbons (Fsp3) is 0.857. The van der Waals surface area contributed by atoms with E-state index in [2.05, 4.69) is 50.9 Å². The first-order valence-electron chi connectivity index (χ1n) is 6.50. The predicted molar refractivity (Wildman–Crippen MR) is 71.7 cm³/mol. The Balaban J connectivity index is 2.37. The van der Waals surface area contributed by atoms with Crippen molar-refractivity contribution in [3.8, 4) is 0 Å². The fourth-order valence-corrected chi connectivity index (χ4v) is 2.27. The molecule has 0 amide bonds. The lowest BCUT2D eigenvalue weighted by atomic mass is 9.91. The SMILES string of the molecule is CC1=CCCN(CC(C)(C)CNC(C)C)C1. The summed E-state index contributed by atoms with van der Waals surface area (Å²) >= 11 is 0. The highest BCUT2D eigenvalue weighted by molar-refractivity contribution is 5.04. The molecule has 0 unspecified atom stereocenters. The van der Waals surface area contributed by atoms with Gasteiger partial charge in [-0.05, 0) is 18.8 Å². The van der Waals surface area contributed by atoms with Crippen LogP contribution < -0.4 is 5.32 Å². The Morgan fingerprint density at radius 1 is 1.44 bits per heavy atom. The lowest BCUT2D eigenvalue weighted by molar-refractivity contribution is 0.179. The van der Waals surface area contributed by atoms with Crippen molar-refractivity contribution in [3.63, 3.8) is 0 Å². The first-order valence-corrected chi connectivity index (χ1v) is 6.50.